The van der Waals surface area contributed by atoms with Crippen LogP contribution in [0.4, 0.5) is 0 Å². The number of ether oxygens (including phenoxy) is 2. The Hall–Kier alpha value is -1.80. The van der Waals surface area contributed by atoms with Crippen molar-refractivity contribution in [3.05, 3.63) is 35.9 Å². The molecular formula is C16H20BNO3. The van der Waals surface area contributed by atoms with Gasteiger partial charge in [0.25, 0.3) is 6.71 Å². The number of methoxy groups -OCH3 is 1. The van der Waals surface area contributed by atoms with Gasteiger partial charge in [-0.25, -0.2) is 5.26 Å². The van der Waals surface area contributed by atoms with Crippen molar-refractivity contribution in [2.24, 2.45) is 0 Å². The molecule has 21 heavy (non-hydrogen) atoms. The molecule has 0 radical (unpaired) electrons. The van der Waals surface area contributed by atoms with Crippen molar-refractivity contribution in [2.75, 3.05) is 13.7 Å². The first-order chi connectivity index (χ1) is 10.2. The van der Waals surface area contributed by atoms with E-state index in [1.54, 1.807) is 0 Å². The third-order valence-corrected chi connectivity index (χ3v) is 4.25. The Labute approximate surface area is 126 Å². The summed E-state index contributed by atoms with van der Waals surface area (Å²) in [5, 5.41) is 8.57. The van der Waals surface area contributed by atoms with Crippen molar-refractivity contribution in [3.8, 4) is 5.97 Å². The van der Waals surface area contributed by atoms with E-state index in [0.29, 0.717) is 13.0 Å². The molecule has 2 rings (SSSR count). The molecule has 1 atom stereocenters. The Bertz CT molecular complexity index is 514. The van der Waals surface area contributed by atoms with Gasteiger partial charge < -0.3 is 9.47 Å². The van der Waals surface area contributed by atoms with E-state index in [4.69, 9.17) is 9.47 Å². The number of hydrogen-bond donors (Lipinski definition) is 0. The number of hydrogen-bond acceptors (Lipinski definition) is 4. The molecule has 1 aliphatic rings. The first-order valence-electron chi connectivity index (χ1n) is 7.32. The molecule has 1 fully saturated rings. The lowest BCUT2D eigenvalue weighted by molar-refractivity contribution is -0.147. The van der Waals surface area contributed by atoms with Gasteiger partial charge in [-0.15, -0.1) is 0 Å². The van der Waals surface area contributed by atoms with Gasteiger partial charge in [0.15, 0.2) is 0 Å². The molecule has 0 amide bonds. The lowest BCUT2D eigenvalue weighted by Crippen LogP contribution is -2.45. The summed E-state index contributed by atoms with van der Waals surface area (Å²) in [7, 11) is 1.38. The molecule has 1 aliphatic heterocycles. The predicted octanol–water partition coefficient (Wildman–Crippen LogP) is 2.86. The average Bonchev–Trinajstić information content (AvgIpc) is 2.55. The first-order valence-corrected chi connectivity index (χ1v) is 7.32. The van der Waals surface area contributed by atoms with Crippen LogP contribution in [-0.2, 0) is 20.9 Å². The largest absolute Gasteiger partial charge is 0.469 e. The molecule has 1 saturated heterocycles. The monoisotopic (exact) mass is 285 g/mol. The highest BCUT2D eigenvalue weighted by molar-refractivity contribution is 6.73. The van der Waals surface area contributed by atoms with Crippen LogP contribution < -0.4 is 0 Å². The molecule has 0 N–H and O–H groups in total. The van der Waals surface area contributed by atoms with Crippen LogP contribution in [0.2, 0.25) is 11.6 Å². The Balaban J connectivity index is 2.06. The number of carbonyl (C=O) groups excluding carboxylic acids is 1. The molecule has 5 heteroatoms. The van der Waals surface area contributed by atoms with Crippen molar-refractivity contribution in [3.63, 3.8) is 0 Å². The zero-order valence-electron chi connectivity index (χ0n) is 12.4. The topological polar surface area (TPSA) is 59.3 Å². The van der Waals surface area contributed by atoms with Gasteiger partial charge in [0.1, 0.15) is 0 Å². The van der Waals surface area contributed by atoms with Crippen LogP contribution in [0, 0.1) is 11.2 Å². The van der Waals surface area contributed by atoms with E-state index < -0.39 is 5.31 Å². The van der Waals surface area contributed by atoms with Gasteiger partial charge in [0.2, 0.25) is 0 Å². The minimum atomic E-state index is -0.809. The summed E-state index contributed by atoms with van der Waals surface area (Å²) >= 11 is 0. The third kappa shape index (κ3) is 3.45. The summed E-state index contributed by atoms with van der Waals surface area (Å²) in [5.41, 5.74) is 1.06. The van der Waals surface area contributed by atoms with E-state index in [2.05, 4.69) is 5.97 Å². The average molecular weight is 285 g/mol. The molecule has 1 heterocycles. The number of rotatable bonds is 5. The van der Waals surface area contributed by atoms with E-state index in [1.165, 1.54) is 7.11 Å². The van der Waals surface area contributed by atoms with Gasteiger partial charge >= 0.3 is 5.97 Å². The lowest BCUT2D eigenvalue weighted by Gasteiger charge is -2.36. The van der Waals surface area contributed by atoms with Crippen molar-refractivity contribution in [1.82, 2.24) is 0 Å². The fourth-order valence-corrected chi connectivity index (χ4v) is 3.03. The van der Waals surface area contributed by atoms with E-state index in [9.17, 15) is 10.1 Å². The molecule has 1 aromatic rings. The summed E-state index contributed by atoms with van der Waals surface area (Å²) in [5.74, 6) is 1.96. The van der Waals surface area contributed by atoms with Crippen LogP contribution in [0.1, 0.15) is 24.8 Å². The van der Waals surface area contributed by atoms with Crippen molar-refractivity contribution in [1.29, 1.82) is 5.26 Å². The standard InChI is InChI=1S/C16H20BNO3/c1-20-15(19)16(9-5-6-10-17(16)13-18)12-21-11-14-7-3-2-4-8-14/h2-4,7-8H,5-6,9-12H2,1H3. The second-order valence-electron chi connectivity index (χ2n) is 5.55. The summed E-state index contributed by atoms with van der Waals surface area (Å²) in [4.78, 5) is 12.2. The summed E-state index contributed by atoms with van der Waals surface area (Å²) in [6.07, 6.45) is 3.31. The maximum atomic E-state index is 12.2. The molecule has 1 aromatic carbocycles. The lowest BCUT2D eigenvalue weighted by atomic mass is 9.29. The second-order valence-corrected chi connectivity index (χ2v) is 5.55. The second kappa shape index (κ2) is 7.28. The molecule has 0 spiro atoms. The zero-order valence-corrected chi connectivity index (χ0v) is 12.4. The Kier molecular flexibility index (Phi) is 5.41. The highest BCUT2D eigenvalue weighted by atomic mass is 16.5. The smallest absolute Gasteiger partial charge is 0.307 e. The minimum absolute atomic E-state index is 0.243. The minimum Gasteiger partial charge on any atom is -0.469 e. The van der Waals surface area contributed by atoms with Crippen LogP contribution in [0.25, 0.3) is 0 Å². The number of esters is 1. The number of benzene rings is 1. The van der Waals surface area contributed by atoms with Gasteiger partial charge in [-0.1, -0.05) is 49.5 Å². The van der Waals surface area contributed by atoms with Gasteiger partial charge in [0.05, 0.1) is 25.6 Å². The fourth-order valence-electron chi connectivity index (χ4n) is 3.03. The van der Waals surface area contributed by atoms with Crippen LogP contribution in [0.3, 0.4) is 0 Å². The molecule has 0 aromatic heterocycles. The maximum Gasteiger partial charge on any atom is 0.307 e. The zero-order chi connectivity index (χ0) is 15.1. The van der Waals surface area contributed by atoms with Crippen LogP contribution in [0.5, 0.6) is 0 Å². The number of nitriles is 1. The van der Waals surface area contributed by atoms with Crippen molar-refractivity contribution < 1.29 is 14.3 Å². The fraction of sp³-hybridized carbons (Fsp3) is 0.500. The summed E-state index contributed by atoms with van der Waals surface area (Å²) < 4.78 is 10.7. The highest BCUT2D eigenvalue weighted by Gasteiger charge is 2.51. The Morgan fingerprint density at radius 3 is 2.81 bits per heavy atom. The molecule has 0 saturated carbocycles. The summed E-state index contributed by atoms with van der Waals surface area (Å²) in [6.45, 7) is 0.360. The van der Waals surface area contributed by atoms with E-state index in [-0.39, 0.29) is 19.3 Å². The highest BCUT2D eigenvalue weighted by Crippen LogP contribution is 2.44. The molecule has 110 valence electrons. The number of nitrogens with zero attached hydrogens (tertiary/aromatic N) is 1. The molecule has 0 bridgehead atoms. The van der Waals surface area contributed by atoms with E-state index in [0.717, 1.165) is 24.7 Å². The Morgan fingerprint density at radius 2 is 2.14 bits per heavy atom. The quantitative estimate of drug-likeness (QED) is 0.616. The van der Waals surface area contributed by atoms with Crippen molar-refractivity contribution >= 4 is 12.7 Å². The van der Waals surface area contributed by atoms with E-state index in [1.807, 2.05) is 30.3 Å². The van der Waals surface area contributed by atoms with Crippen molar-refractivity contribution in [2.45, 2.75) is 37.5 Å². The van der Waals surface area contributed by atoms with Crippen LogP contribution in [0.15, 0.2) is 30.3 Å². The maximum absolute atomic E-state index is 12.2. The normalized spacial score (nSPS) is 21.6. The van der Waals surface area contributed by atoms with Gasteiger partial charge in [-0.05, 0) is 12.0 Å². The third-order valence-electron chi connectivity index (χ3n) is 4.25. The van der Waals surface area contributed by atoms with Crippen LogP contribution >= 0.6 is 0 Å². The van der Waals surface area contributed by atoms with Gasteiger partial charge in [-0.3, -0.25) is 4.79 Å². The predicted molar refractivity (Wildman–Crippen MR) is 80.8 cm³/mol. The summed E-state index contributed by atoms with van der Waals surface area (Å²) in [6, 6.07) is 9.81. The molecular weight excluding hydrogens is 265 g/mol. The molecule has 4 nitrogen and oxygen atoms in total. The van der Waals surface area contributed by atoms with Crippen LogP contribution in [-0.4, -0.2) is 26.4 Å². The number of carbonyl (C=O) groups is 1. The van der Waals surface area contributed by atoms with E-state index >= 15 is 0 Å². The Morgan fingerprint density at radius 1 is 1.38 bits per heavy atom. The first kappa shape index (κ1) is 15.6. The van der Waals surface area contributed by atoms with Gasteiger partial charge in [-0.2, -0.15) is 0 Å². The van der Waals surface area contributed by atoms with Gasteiger partial charge in [0, 0.05) is 5.97 Å². The molecule has 1 unspecified atom stereocenters. The SMILES string of the molecule is COC(=O)C1(COCc2ccccc2)CCCCB1C#N. The molecule has 0 aliphatic carbocycles.